The van der Waals surface area contributed by atoms with E-state index in [0.717, 1.165) is 69.9 Å². The Labute approximate surface area is 164 Å². The average Bonchev–Trinajstić information content (AvgIpc) is 2.74. The van der Waals surface area contributed by atoms with Gasteiger partial charge in [-0.2, -0.15) is 4.98 Å². The SMILES string of the molecule is CN(c1ccnc(N2CCOCC2)n1)C1CCCN(c2ncc(Cl)cn2)C1. The van der Waals surface area contributed by atoms with Crippen LogP contribution in [0.1, 0.15) is 12.8 Å². The lowest BCUT2D eigenvalue weighted by atomic mass is 10.0. The fourth-order valence-corrected chi connectivity index (χ4v) is 3.66. The van der Waals surface area contributed by atoms with Crippen LogP contribution in [0.2, 0.25) is 5.02 Å². The summed E-state index contributed by atoms with van der Waals surface area (Å²) in [5, 5.41) is 0.557. The number of aromatic nitrogens is 4. The van der Waals surface area contributed by atoms with Crippen molar-refractivity contribution in [2.24, 2.45) is 0 Å². The maximum absolute atomic E-state index is 5.91. The first-order chi connectivity index (χ1) is 13.2. The second-order valence-electron chi connectivity index (χ2n) is 6.87. The fraction of sp³-hybridized carbons (Fsp3) is 0.556. The van der Waals surface area contributed by atoms with E-state index < -0.39 is 0 Å². The van der Waals surface area contributed by atoms with Gasteiger partial charge >= 0.3 is 0 Å². The van der Waals surface area contributed by atoms with Gasteiger partial charge in [-0.1, -0.05) is 11.6 Å². The lowest BCUT2D eigenvalue weighted by Crippen LogP contribution is -2.47. The first kappa shape index (κ1) is 18.2. The van der Waals surface area contributed by atoms with Crippen molar-refractivity contribution in [2.45, 2.75) is 18.9 Å². The largest absolute Gasteiger partial charge is 0.378 e. The third-order valence-corrected chi connectivity index (χ3v) is 5.31. The number of hydrogen-bond donors (Lipinski definition) is 0. The van der Waals surface area contributed by atoms with Crippen molar-refractivity contribution < 1.29 is 4.74 Å². The van der Waals surface area contributed by atoms with E-state index in [9.17, 15) is 0 Å². The molecule has 2 aromatic rings. The quantitative estimate of drug-likeness (QED) is 0.784. The van der Waals surface area contributed by atoms with Gasteiger partial charge < -0.3 is 19.4 Å². The van der Waals surface area contributed by atoms with E-state index in [2.05, 4.69) is 36.7 Å². The van der Waals surface area contributed by atoms with E-state index in [1.165, 1.54) is 0 Å². The predicted octanol–water partition coefficient (Wildman–Crippen LogP) is 1.86. The van der Waals surface area contributed by atoms with E-state index in [-0.39, 0.29) is 0 Å². The lowest BCUT2D eigenvalue weighted by molar-refractivity contribution is 0.122. The molecule has 0 amide bonds. The summed E-state index contributed by atoms with van der Waals surface area (Å²) in [5.41, 5.74) is 0. The number of hydrogen-bond acceptors (Lipinski definition) is 8. The molecule has 2 fully saturated rings. The summed E-state index contributed by atoms with van der Waals surface area (Å²) in [5.74, 6) is 2.45. The van der Waals surface area contributed by atoms with Crippen molar-refractivity contribution in [1.29, 1.82) is 0 Å². The molecule has 0 bridgehead atoms. The van der Waals surface area contributed by atoms with Crippen molar-refractivity contribution in [2.75, 3.05) is 61.1 Å². The van der Waals surface area contributed by atoms with Gasteiger partial charge in [0.25, 0.3) is 0 Å². The molecule has 0 N–H and O–H groups in total. The van der Waals surface area contributed by atoms with Crippen LogP contribution in [0.15, 0.2) is 24.7 Å². The monoisotopic (exact) mass is 389 g/mol. The summed E-state index contributed by atoms with van der Waals surface area (Å²) >= 11 is 5.91. The van der Waals surface area contributed by atoms with Crippen molar-refractivity contribution in [3.05, 3.63) is 29.7 Å². The Kier molecular flexibility index (Phi) is 5.54. The highest BCUT2D eigenvalue weighted by Gasteiger charge is 2.26. The molecule has 8 nitrogen and oxygen atoms in total. The lowest BCUT2D eigenvalue weighted by Gasteiger charge is -2.38. The topological polar surface area (TPSA) is 70.5 Å². The summed E-state index contributed by atoms with van der Waals surface area (Å²) in [4.78, 5) is 24.6. The number of rotatable bonds is 4. The van der Waals surface area contributed by atoms with Crippen molar-refractivity contribution in [1.82, 2.24) is 19.9 Å². The Morgan fingerprint density at radius 1 is 1.07 bits per heavy atom. The normalized spacial score (nSPS) is 20.6. The van der Waals surface area contributed by atoms with Gasteiger partial charge in [-0.05, 0) is 18.9 Å². The zero-order valence-electron chi connectivity index (χ0n) is 15.5. The van der Waals surface area contributed by atoms with Crippen molar-refractivity contribution >= 4 is 29.3 Å². The summed E-state index contributed by atoms with van der Waals surface area (Å²) in [6, 6.07) is 2.31. The number of anilines is 3. The zero-order valence-corrected chi connectivity index (χ0v) is 16.2. The minimum atomic E-state index is 0.338. The number of morpholine rings is 1. The summed E-state index contributed by atoms with van der Waals surface area (Å²) in [6.45, 7) is 4.92. The van der Waals surface area contributed by atoms with Crippen LogP contribution in [-0.2, 0) is 4.74 Å². The molecular weight excluding hydrogens is 366 g/mol. The zero-order chi connectivity index (χ0) is 18.6. The molecule has 4 rings (SSSR count). The number of piperidine rings is 1. The molecule has 2 aromatic heterocycles. The molecule has 0 saturated carbocycles. The van der Waals surface area contributed by atoms with E-state index in [1.54, 1.807) is 12.4 Å². The molecule has 1 atom stereocenters. The molecule has 2 aliphatic heterocycles. The molecule has 144 valence electrons. The Balaban J connectivity index is 1.47. The van der Waals surface area contributed by atoms with Crippen molar-refractivity contribution in [3.8, 4) is 0 Å². The second kappa shape index (κ2) is 8.22. The minimum Gasteiger partial charge on any atom is -0.378 e. The molecule has 1 unspecified atom stereocenters. The fourth-order valence-electron chi connectivity index (χ4n) is 3.56. The van der Waals surface area contributed by atoms with E-state index in [1.807, 2.05) is 12.3 Å². The Morgan fingerprint density at radius 2 is 1.85 bits per heavy atom. The van der Waals surface area contributed by atoms with Crippen molar-refractivity contribution in [3.63, 3.8) is 0 Å². The molecule has 2 aliphatic rings. The van der Waals surface area contributed by atoms with Crippen LogP contribution in [0.4, 0.5) is 17.7 Å². The van der Waals surface area contributed by atoms with Gasteiger partial charge in [-0.3, -0.25) is 0 Å². The first-order valence-electron chi connectivity index (χ1n) is 9.32. The van der Waals surface area contributed by atoms with Crippen LogP contribution >= 0.6 is 11.6 Å². The highest BCUT2D eigenvalue weighted by Crippen LogP contribution is 2.23. The third kappa shape index (κ3) is 4.22. The predicted molar refractivity (Wildman–Crippen MR) is 106 cm³/mol. The van der Waals surface area contributed by atoms with Gasteiger partial charge in [0.05, 0.1) is 30.6 Å². The molecule has 0 radical (unpaired) electrons. The molecule has 4 heterocycles. The highest BCUT2D eigenvalue weighted by atomic mass is 35.5. The maximum atomic E-state index is 5.91. The molecule has 9 heteroatoms. The molecule has 27 heavy (non-hydrogen) atoms. The van der Waals surface area contributed by atoms with Gasteiger partial charge in [0, 0.05) is 45.5 Å². The van der Waals surface area contributed by atoms with E-state index >= 15 is 0 Å². The van der Waals surface area contributed by atoms with Gasteiger partial charge in [0.1, 0.15) is 5.82 Å². The van der Waals surface area contributed by atoms with Crippen LogP contribution < -0.4 is 14.7 Å². The van der Waals surface area contributed by atoms with E-state index in [4.69, 9.17) is 21.3 Å². The summed E-state index contributed by atoms with van der Waals surface area (Å²) in [7, 11) is 2.10. The van der Waals surface area contributed by atoms with Crippen LogP contribution in [0.3, 0.4) is 0 Å². The minimum absolute atomic E-state index is 0.338. The number of halogens is 1. The number of likely N-dealkylation sites (N-methyl/N-ethyl adjacent to an activating group) is 1. The molecule has 0 spiro atoms. The van der Waals surface area contributed by atoms with Gasteiger partial charge in [-0.15, -0.1) is 0 Å². The Hall–Kier alpha value is -2.19. The molecular formula is C18H24ClN7O. The van der Waals surface area contributed by atoms with Gasteiger partial charge in [0.15, 0.2) is 0 Å². The Morgan fingerprint density at radius 3 is 2.63 bits per heavy atom. The maximum Gasteiger partial charge on any atom is 0.227 e. The first-order valence-corrected chi connectivity index (χ1v) is 9.69. The third-order valence-electron chi connectivity index (χ3n) is 5.12. The summed E-state index contributed by atoms with van der Waals surface area (Å²) in [6.07, 6.45) is 7.33. The summed E-state index contributed by atoms with van der Waals surface area (Å²) < 4.78 is 5.42. The average molecular weight is 390 g/mol. The van der Waals surface area contributed by atoms with Crippen LogP contribution in [0.25, 0.3) is 0 Å². The van der Waals surface area contributed by atoms with Gasteiger partial charge in [-0.25, -0.2) is 15.0 Å². The molecule has 2 saturated heterocycles. The second-order valence-corrected chi connectivity index (χ2v) is 7.30. The van der Waals surface area contributed by atoms with Gasteiger partial charge in [0.2, 0.25) is 11.9 Å². The smallest absolute Gasteiger partial charge is 0.227 e. The van der Waals surface area contributed by atoms with E-state index in [0.29, 0.717) is 11.1 Å². The van der Waals surface area contributed by atoms with Crippen LogP contribution in [0.5, 0.6) is 0 Å². The Bertz CT molecular complexity index is 754. The standard InChI is InChI=1S/C18H24ClN7O/c1-24(16-4-5-20-18(23-16)25-7-9-27-10-8-25)15-3-2-6-26(13-15)17-21-11-14(19)12-22-17/h4-5,11-12,15H,2-3,6-10,13H2,1H3. The molecule has 0 aliphatic carbocycles. The molecule has 0 aromatic carbocycles. The number of ether oxygens (including phenoxy) is 1. The number of nitrogens with zero attached hydrogens (tertiary/aromatic N) is 7. The highest BCUT2D eigenvalue weighted by molar-refractivity contribution is 6.30. The van der Waals surface area contributed by atoms with Crippen LogP contribution in [0, 0.1) is 0 Å². The van der Waals surface area contributed by atoms with Crippen LogP contribution in [-0.4, -0.2) is 72.4 Å².